The van der Waals surface area contributed by atoms with Crippen LogP contribution in [0.15, 0.2) is 0 Å². The molecule has 2 aliphatic heterocycles. The van der Waals surface area contributed by atoms with Crippen molar-refractivity contribution in [1.29, 1.82) is 0 Å². The summed E-state index contributed by atoms with van der Waals surface area (Å²) >= 11 is 0. The first kappa shape index (κ1) is 13.3. The Labute approximate surface area is 107 Å². The van der Waals surface area contributed by atoms with Crippen molar-refractivity contribution in [3.8, 4) is 0 Å². The lowest BCUT2D eigenvalue weighted by atomic mass is 10.0. The highest BCUT2D eigenvalue weighted by molar-refractivity contribution is 4.75. The lowest BCUT2D eigenvalue weighted by molar-refractivity contribution is 0.185. The molecule has 100 valence electrons. The van der Waals surface area contributed by atoms with Crippen LogP contribution in [0.4, 0.5) is 0 Å². The van der Waals surface area contributed by atoms with E-state index in [9.17, 15) is 0 Å². The lowest BCUT2D eigenvalue weighted by Gasteiger charge is -2.31. The number of hydrogen-bond donors (Lipinski definition) is 1. The fourth-order valence-corrected chi connectivity index (χ4v) is 3.04. The van der Waals surface area contributed by atoms with Crippen LogP contribution in [0, 0.1) is 0 Å². The van der Waals surface area contributed by atoms with E-state index in [2.05, 4.69) is 22.2 Å². The highest BCUT2D eigenvalue weighted by Gasteiger charge is 2.15. The predicted molar refractivity (Wildman–Crippen MR) is 73.4 cm³/mol. The van der Waals surface area contributed by atoms with Gasteiger partial charge in [0.15, 0.2) is 0 Å². The number of piperidine rings is 2. The van der Waals surface area contributed by atoms with E-state index in [-0.39, 0.29) is 0 Å². The van der Waals surface area contributed by atoms with E-state index in [4.69, 9.17) is 0 Å². The Bertz CT molecular complexity index is 196. The van der Waals surface area contributed by atoms with Gasteiger partial charge in [-0.05, 0) is 52.4 Å². The minimum atomic E-state index is 0.745. The second-order valence-corrected chi connectivity index (χ2v) is 5.81. The summed E-state index contributed by atoms with van der Waals surface area (Å²) in [6.45, 7) is 7.62. The molecule has 17 heavy (non-hydrogen) atoms. The molecule has 2 saturated heterocycles. The molecular weight excluding hydrogens is 210 g/mol. The first-order chi connectivity index (χ1) is 8.34. The van der Waals surface area contributed by atoms with Crippen LogP contribution in [0.25, 0.3) is 0 Å². The molecular formula is C14H29N3. The molecule has 2 heterocycles. The Morgan fingerprint density at radius 1 is 1.12 bits per heavy atom. The van der Waals surface area contributed by atoms with Crippen molar-refractivity contribution in [2.24, 2.45) is 0 Å². The van der Waals surface area contributed by atoms with E-state index in [0.717, 1.165) is 6.04 Å². The van der Waals surface area contributed by atoms with Gasteiger partial charge in [-0.15, -0.1) is 0 Å². The van der Waals surface area contributed by atoms with Gasteiger partial charge in [-0.3, -0.25) is 0 Å². The Morgan fingerprint density at radius 3 is 2.65 bits per heavy atom. The summed E-state index contributed by atoms with van der Waals surface area (Å²) in [7, 11) is 2.28. The van der Waals surface area contributed by atoms with Gasteiger partial charge in [-0.25, -0.2) is 0 Å². The molecule has 1 unspecified atom stereocenters. The fourth-order valence-electron chi connectivity index (χ4n) is 3.04. The molecule has 1 N–H and O–H groups in total. The monoisotopic (exact) mass is 239 g/mol. The van der Waals surface area contributed by atoms with Crippen LogP contribution in [0.1, 0.15) is 38.5 Å². The zero-order valence-electron chi connectivity index (χ0n) is 11.5. The molecule has 1 atom stereocenters. The zero-order valence-corrected chi connectivity index (χ0v) is 11.5. The van der Waals surface area contributed by atoms with E-state index in [1.165, 1.54) is 77.8 Å². The average Bonchev–Trinajstić information content (AvgIpc) is 2.39. The number of likely N-dealkylation sites (tertiary alicyclic amines) is 1. The fraction of sp³-hybridized carbons (Fsp3) is 1.00. The molecule has 0 aromatic rings. The van der Waals surface area contributed by atoms with Gasteiger partial charge in [-0.2, -0.15) is 0 Å². The van der Waals surface area contributed by atoms with Gasteiger partial charge in [0, 0.05) is 25.7 Å². The highest BCUT2D eigenvalue weighted by Crippen LogP contribution is 2.09. The Balaban J connectivity index is 1.57. The second-order valence-electron chi connectivity index (χ2n) is 5.81. The van der Waals surface area contributed by atoms with Crippen LogP contribution >= 0.6 is 0 Å². The topological polar surface area (TPSA) is 18.5 Å². The Hall–Kier alpha value is -0.120. The molecule has 2 fully saturated rings. The van der Waals surface area contributed by atoms with Gasteiger partial charge >= 0.3 is 0 Å². The van der Waals surface area contributed by atoms with Crippen molar-refractivity contribution in [2.75, 3.05) is 46.3 Å². The molecule has 0 radical (unpaired) electrons. The summed E-state index contributed by atoms with van der Waals surface area (Å²) in [6.07, 6.45) is 8.42. The SMILES string of the molecule is CN(CCN1CCCCC1)CC1CCCCN1. The van der Waals surface area contributed by atoms with Crippen molar-refractivity contribution in [3.05, 3.63) is 0 Å². The summed E-state index contributed by atoms with van der Waals surface area (Å²) in [4.78, 5) is 5.14. The van der Waals surface area contributed by atoms with Gasteiger partial charge < -0.3 is 15.1 Å². The predicted octanol–water partition coefficient (Wildman–Crippen LogP) is 1.55. The van der Waals surface area contributed by atoms with Crippen molar-refractivity contribution < 1.29 is 0 Å². The minimum Gasteiger partial charge on any atom is -0.313 e. The third-order valence-corrected chi connectivity index (χ3v) is 4.19. The van der Waals surface area contributed by atoms with Gasteiger partial charge in [-0.1, -0.05) is 12.8 Å². The Morgan fingerprint density at radius 2 is 1.94 bits per heavy atom. The maximum atomic E-state index is 3.63. The van der Waals surface area contributed by atoms with Crippen molar-refractivity contribution in [2.45, 2.75) is 44.6 Å². The van der Waals surface area contributed by atoms with Gasteiger partial charge in [0.2, 0.25) is 0 Å². The van der Waals surface area contributed by atoms with Gasteiger partial charge in [0.1, 0.15) is 0 Å². The standard InChI is InChI=1S/C14H29N3/c1-16(13-14-7-3-4-8-15-14)11-12-17-9-5-2-6-10-17/h14-15H,2-13H2,1H3. The van der Waals surface area contributed by atoms with Gasteiger partial charge in [0.05, 0.1) is 0 Å². The van der Waals surface area contributed by atoms with E-state index in [1.54, 1.807) is 0 Å². The van der Waals surface area contributed by atoms with Crippen molar-refractivity contribution >= 4 is 0 Å². The quantitative estimate of drug-likeness (QED) is 0.785. The minimum absolute atomic E-state index is 0.745. The van der Waals surface area contributed by atoms with E-state index >= 15 is 0 Å². The van der Waals surface area contributed by atoms with Crippen LogP contribution in [-0.4, -0.2) is 62.2 Å². The highest BCUT2D eigenvalue weighted by atomic mass is 15.2. The molecule has 2 aliphatic rings. The number of hydrogen-bond acceptors (Lipinski definition) is 3. The summed E-state index contributed by atoms with van der Waals surface area (Å²) in [5, 5.41) is 3.63. The third kappa shape index (κ3) is 4.94. The lowest BCUT2D eigenvalue weighted by Crippen LogP contribution is -2.44. The van der Waals surface area contributed by atoms with E-state index < -0.39 is 0 Å². The van der Waals surface area contributed by atoms with Crippen LogP contribution in [0.5, 0.6) is 0 Å². The summed E-state index contributed by atoms with van der Waals surface area (Å²) in [5.41, 5.74) is 0. The molecule has 0 aromatic heterocycles. The first-order valence-corrected chi connectivity index (χ1v) is 7.49. The molecule has 3 heteroatoms. The molecule has 0 amide bonds. The molecule has 0 aromatic carbocycles. The Kier molecular flexibility index (Phi) is 5.75. The largest absolute Gasteiger partial charge is 0.313 e. The molecule has 2 rings (SSSR count). The van der Waals surface area contributed by atoms with Crippen LogP contribution < -0.4 is 5.32 Å². The van der Waals surface area contributed by atoms with E-state index in [0.29, 0.717) is 0 Å². The average molecular weight is 239 g/mol. The van der Waals surface area contributed by atoms with Crippen LogP contribution in [0.2, 0.25) is 0 Å². The molecule has 0 saturated carbocycles. The number of likely N-dealkylation sites (N-methyl/N-ethyl adjacent to an activating group) is 1. The molecule has 0 aliphatic carbocycles. The maximum absolute atomic E-state index is 3.63. The smallest absolute Gasteiger partial charge is 0.0194 e. The number of nitrogens with one attached hydrogen (secondary N) is 1. The summed E-state index contributed by atoms with van der Waals surface area (Å²) in [6, 6.07) is 0.745. The third-order valence-electron chi connectivity index (χ3n) is 4.19. The number of nitrogens with zero attached hydrogens (tertiary/aromatic N) is 2. The van der Waals surface area contributed by atoms with Gasteiger partial charge in [0.25, 0.3) is 0 Å². The zero-order chi connectivity index (χ0) is 11.9. The summed E-state index contributed by atoms with van der Waals surface area (Å²) < 4.78 is 0. The normalized spacial score (nSPS) is 27.5. The number of rotatable bonds is 5. The molecule has 0 spiro atoms. The van der Waals surface area contributed by atoms with E-state index in [1.807, 2.05) is 0 Å². The van der Waals surface area contributed by atoms with Crippen molar-refractivity contribution in [3.63, 3.8) is 0 Å². The first-order valence-electron chi connectivity index (χ1n) is 7.49. The second kappa shape index (κ2) is 7.34. The molecule has 3 nitrogen and oxygen atoms in total. The van der Waals surface area contributed by atoms with Crippen LogP contribution in [0.3, 0.4) is 0 Å². The van der Waals surface area contributed by atoms with Crippen molar-refractivity contribution in [1.82, 2.24) is 15.1 Å². The molecule has 0 bridgehead atoms. The summed E-state index contributed by atoms with van der Waals surface area (Å²) in [5.74, 6) is 0. The maximum Gasteiger partial charge on any atom is 0.0194 e. The van der Waals surface area contributed by atoms with Crippen LogP contribution in [-0.2, 0) is 0 Å².